The lowest BCUT2D eigenvalue weighted by molar-refractivity contribution is 0.0203. The molecule has 1 aliphatic rings. The second-order valence-electron chi connectivity index (χ2n) is 11.1. The second-order valence-corrected chi connectivity index (χ2v) is 11.1. The number of hydrogen-bond donors (Lipinski definition) is 1. The zero-order valence-corrected chi connectivity index (χ0v) is 24.3. The summed E-state index contributed by atoms with van der Waals surface area (Å²) in [5.41, 5.74) is 3.91. The molecule has 4 rings (SSSR count). The zero-order chi connectivity index (χ0) is 28.9. The molecular weight excluding hydrogens is 508 g/mol. The number of aromatic nitrogens is 2. The number of piperidine rings is 1. The molecule has 9 nitrogen and oxygen atoms in total. The van der Waals surface area contributed by atoms with Crippen LogP contribution in [0, 0.1) is 6.92 Å². The van der Waals surface area contributed by atoms with Crippen molar-refractivity contribution in [1.82, 2.24) is 20.0 Å². The molecule has 0 spiro atoms. The standard InChI is InChI=1S/C31H40N4O5/c1-21-7-10-24(11-8-21)35-28(23-14-17-34(18-15-23)30(37)40-31(2,3)4)26(20-33-35)29(36)32-16-13-22-9-12-25(38-5)19-27(22)39-6/h7-12,19-20,23H,13-18H2,1-6H3,(H,32,36). The van der Waals surface area contributed by atoms with E-state index >= 15 is 0 Å². The van der Waals surface area contributed by atoms with Crippen LogP contribution in [0.3, 0.4) is 0 Å². The minimum absolute atomic E-state index is 0.0601. The van der Waals surface area contributed by atoms with Gasteiger partial charge in [0.25, 0.3) is 5.91 Å². The van der Waals surface area contributed by atoms with Gasteiger partial charge in [-0.05, 0) is 70.7 Å². The van der Waals surface area contributed by atoms with Crippen LogP contribution < -0.4 is 14.8 Å². The predicted molar refractivity (Wildman–Crippen MR) is 154 cm³/mol. The van der Waals surface area contributed by atoms with Crippen molar-refractivity contribution in [3.05, 3.63) is 71.0 Å². The number of methoxy groups -OCH3 is 2. The smallest absolute Gasteiger partial charge is 0.410 e. The van der Waals surface area contributed by atoms with E-state index in [2.05, 4.69) is 10.4 Å². The van der Waals surface area contributed by atoms with Crippen molar-refractivity contribution < 1.29 is 23.8 Å². The van der Waals surface area contributed by atoms with Gasteiger partial charge in [0.2, 0.25) is 0 Å². The van der Waals surface area contributed by atoms with Crippen LogP contribution in [0.1, 0.15) is 66.7 Å². The van der Waals surface area contributed by atoms with Crippen LogP contribution in [0.4, 0.5) is 4.79 Å². The lowest BCUT2D eigenvalue weighted by atomic mass is 9.90. The molecule has 1 aliphatic heterocycles. The van der Waals surface area contributed by atoms with Crippen molar-refractivity contribution in [2.45, 2.75) is 58.5 Å². The Morgan fingerprint density at radius 3 is 2.35 bits per heavy atom. The molecule has 0 bridgehead atoms. The van der Waals surface area contributed by atoms with Gasteiger partial charge in [0.05, 0.1) is 37.4 Å². The Morgan fingerprint density at radius 1 is 1.02 bits per heavy atom. The van der Waals surface area contributed by atoms with Gasteiger partial charge in [0, 0.05) is 31.6 Å². The Morgan fingerprint density at radius 2 is 1.73 bits per heavy atom. The Labute approximate surface area is 236 Å². The van der Waals surface area contributed by atoms with E-state index < -0.39 is 5.60 Å². The van der Waals surface area contributed by atoms with Gasteiger partial charge in [-0.25, -0.2) is 9.48 Å². The molecule has 1 N–H and O–H groups in total. The quantitative estimate of drug-likeness (QED) is 0.411. The monoisotopic (exact) mass is 548 g/mol. The molecule has 0 aliphatic carbocycles. The van der Waals surface area contributed by atoms with Gasteiger partial charge in [-0.2, -0.15) is 5.10 Å². The molecule has 214 valence electrons. The molecule has 0 atom stereocenters. The highest BCUT2D eigenvalue weighted by molar-refractivity contribution is 5.95. The number of aryl methyl sites for hydroxylation is 1. The third kappa shape index (κ3) is 6.94. The van der Waals surface area contributed by atoms with Gasteiger partial charge in [0.1, 0.15) is 17.1 Å². The highest BCUT2D eigenvalue weighted by atomic mass is 16.6. The number of rotatable bonds is 8. The summed E-state index contributed by atoms with van der Waals surface area (Å²) in [5, 5.41) is 7.71. The van der Waals surface area contributed by atoms with Crippen LogP contribution in [0.15, 0.2) is 48.7 Å². The van der Waals surface area contributed by atoms with Gasteiger partial charge < -0.3 is 24.4 Å². The van der Waals surface area contributed by atoms with Gasteiger partial charge in [0.15, 0.2) is 0 Å². The molecule has 1 aromatic heterocycles. The number of carbonyl (C=O) groups is 2. The maximum Gasteiger partial charge on any atom is 0.410 e. The predicted octanol–water partition coefficient (Wildman–Crippen LogP) is 5.28. The fraction of sp³-hybridized carbons (Fsp3) is 0.452. The molecule has 2 heterocycles. The largest absolute Gasteiger partial charge is 0.497 e. The van der Waals surface area contributed by atoms with E-state index in [-0.39, 0.29) is 17.9 Å². The number of likely N-dealkylation sites (tertiary alicyclic amines) is 1. The Bertz CT molecular complexity index is 1320. The Hall–Kier alpha value is -4.01. The number of nitrogens with one attached hydrogen (secondary N) is 1. The topological polar surface area (TPSA) is 94.9 Å². The lowest BCUT2D eigenvalue weighted by Gasteiger charge is -2.34. The van der Waals surface area contributed by atoms with E-state index in [1.54, 1.807) is 25.3 Å². The van der Waals surface area contributed by atoms with Crippen molar-refractivity contribution in [3.63, 3.8) is 0 Å². The Balaban J connectivity index is 1.52. The fourth-order valence-corrected chi connectivity index (χ4v) is 4.94. The molecule has 1 saturated heterocycles. The van der Waals surface area contributed by atoms with Crippen molar-refractivity contribution in [2.24, 2.45) is 0 Å². The number of carbonyl (C=O) groups excluding carboxylic acids is 2. The number of amides is 2. The van der Waals surface area contributed by atoms with Crippen LogP contribution in [-0.2, 0) is 11.2 Å². The first-order valence-electron chi connectivity index (χ1n) is 13.7. The summed E-state index contributed by atoms with van der Waals surface area (Å²) >= 11 is 0. The molecule has 3 aromatic rings. The average molecular weight is 549 g/mol. The summed E-state index contributed by atoms with van der Waals surface area (Å²) in [6.07, 6.45) is 3.37. The van der Waals surface area contributed by atoms with E-state index in [0.717, 1.165) is 34.0 Å². The molecule has 0 unspecified atom stereocenters. The molecule has 9 heteroatoms. The van der Waals surface area contributed by atoms with E-state index in [1.807, 2.05) is 74.8 Å². The maximum atomic E-state index is 13.5. The minimum atomic E-state index is -0.543. The first-order chi connectivity index (χ1) is 19.1. The first-order valence-corrected chi connectivity index (χ1v) is 13.7. The number of benzene rings is 2. The highest BCUT2D eigenvalue weighted by Crippen LogP contribution is 2.33. The molecule has 2 aromatic carbocycles. The van der Waals surface area contributed by atoms with Crippen LogP contribution in [-0.4, -0.2) is 66.1 Å². The normalized spacial score (nSPS) is 14.1. The minimum Gasteiger partial charge on any atom is -0.497 e. The van der Waals surface area contributed by atoms with E-state index in [0.29, 0.717) is 44.5 Å². The van der Waals surface area contributed by atoms with Crippen molar-refractivity contribution in [2.75, 3.05) is 33.9 Å². The molecule has 2 amide bonds. The third-order valence-corrected chi connectivity index (χ3v) is 7.04. The number of ether oxygens (including phenoxy) is 3. The molecule has 40 heavy (non-hydrogen) atoms. The lowest BCUT2D eigenvalue weighted by Crippen LogP contribution is -2.41. The summed E-state index contributed by atoms with van der Waals surface area (Å²) in [6.45, 7) is 9.19. The van der Waals surface area contributed by atoms with Gasteiger partial charge in [-0.3, -0.25) is 4.79 Å². The van der Waals surface area contributed by atoms with E-state index in [9.17, 15) is 9.59 Å². The van der Waals surface area contributed by atoms with E-state index in [4.69, 9.17) is 14.2 Å². The first kappa shape index (κ1) is 29.0. The third-order valence-electron chi connectivity index (χ3n) is 7.04. The maximum absolute atomic E-state index is 13.5. The molecule has 0 radical (unpaired) electrons. The average Bonchev–Trinajstić information content (AvgIpc) is 3.38. The number of nitrogens with zero attached hydrogens (tertiary/aromatic N) is 3. The number of hydrogen-bond acceptors (Lipinski definition) is 6. The fourth-order valence-electron chi connectivity index (χ4n) is 4.94. The van der Waals surface area contributed by atoms with Gasteiger partial charge in [-0.15, -0.1) is 0 Å². The summed E-state index contributed by atoms with van der Waals surface area (Å²) < 4.78 is 18.2. The molecule has 1 fully saturated rings. The summed E-state index contributed by atoms with van der Waals surface area (Å²) in [6, 6.07) is 13.8. The van der Waals surface area contributed by atoms with Crippen LogP contribution in [0.25, 0.3) is 5.69 Å². The van der Waals surface area contributed by atoms with Crippen molar-refractivity contribution >= 4 is 12.0 Å². The van der Waals surface area contributed by atoms with Crippen LogP contribution in [0.5, 0.6) is 11.5 Å². The summed E-state index contributed by atoms with van der Waals surface area (Å²) in [4.78, 5) is 27.9. The molecule has 0 saturated carbocycles. The molecular formula is C31H40N4O5. The van der Waals surface area contributed by atoms with E-state index in [1.165, 1.54) is 0 Å². The SMILES string of the molecule is COc1ccc(CCNC(=O)c2cnn(-c3ccc(C)cc3)c2C2CCN(C(=O)OC(C)(C)C)CC2)c(OC)c1. The highest BCUT2D eigenvalue weighted by Gasteiger charge is 2.32. The second kappa shape index (κ2) is 12.4. The van der Waals surface area contributed by atoms with Crippen molar-refractivity contribution in [1.29, 1.82) is 0 Å². The zero-order valence-electron chi connectivity index (χ0n) is 24.3. The van der Waals surface area contributed by atoms with Gasteiger partial charge >= 0.3 is 6.09 Å². The summed E-state index contributed by atoms with van der Waals surface area (Å²) in [5.74, 6) is 1.33. The summed E-state index contributed by atoms with van der Waals surface area (Å²) in [7, 11) is 3.24. The Kier molecular flexibility index (Phi) is 9.02. The van der Waals surface area contributed by atoms with Crippen molar-refractivity contribution in [3.8, 4) is 17.2 Å². The van der Waals surface area contributed by atoms with Crippen LogP contribution >= 0.6 is 0 Å². The van der Waals surface area contributed by atoms with Gasteiger partial charge in [-0.1, -0.05) is 23.8 Å². The van der Waals surface area contributed by atoms with Crippen LogP contribution in [0.2, 0.25) is 0 Å².